The number of rotatable bonds is 52. The number of carbonyl (C=O) groups excluding carboxylic acids is 1. The summed E-state index contributed by atoms with van der Waals surface area (Å²) in [6, 6.07) is 0. The first-order valence-electron chi connectivity index (χ1n) is 28.9. The zero-order valence-corrected chi connectivity index (χ0v) is 43.3. The van der Waals surface area contributed by atoms with Gasteiger partial charge >= 0.3 is 11.9 Å². The van der Waals surface area contributed by atoms with Crippen molar-refractivity contribution in [2.45, 2.75) is 349 Å². The van der Waals surface area contributed by atoms with Crippen LogP contribution in [0.2, 0.25) is 0 Å². The third-order valence-corrected chi connectivity index (χ3v) is 13.4. The van der Waals surface area contributed by atoms with E-state index in [1.165, 1.54) is 276 Å². The Morgan fingerprint density at radius 3 is 0.758 bits per heavy atom. The van der Waals surface area contributed by atoms with E-state index in [4.69, 9.17) is 4.74 Å². The quantitative estimate of drug-likeness (QED) is 0.0488. The summed E-state index contributed by atoms with van der Waals surface area (Å²) in [6.45, 7) is 9.73. The lowest BCUT2D eigenvalue weighted by Gasteiger charge is -2.12. The van der Waals surface area contributed by atoms with Crippen molar-refractivity contribution in [3.63, 3.8) is 0 Å². The third-order valence-electron chi connectivity index (χ3n) is 13.4. The summed E-state index contributed by atoms with van der Waals surface area (Å²) in [7, 11) is 0. The fourth-order valence-corrected chi connectivity index (χ4v) is 8.99. The normalized spacial score (nSPS) is 11.7. The topological polar surface area (TPSA) is 63.6 Å². The van der Waals surface area contributed by atoms with Crippen LogP contribution in [0.15, 0.2) is 0 Å². The summed E-state index contributed by atoms with van der Waals surface area (Å²) >= 11 is 0. The molecule has 4 nitrogen and oxygen atoms in total. The molecule has 0 rings (SSSR count). The van der Waals surface area contributed by atoms with Crippen molar-refractivity contribution >= 4 is 11.9 Å². The van der Waals surface area contributed by atoms with Crippen LogP contribution in [0.1, 0.15) is 349 Å². The van der Waals surface area contributed by atoms with Gasteiger partial charge in [0.15, 0.2) is 0 Å². The summed E-state index contributed by atoms with van der Waals surface area (Å²) < 4.78 is 5.40. The molecule has 0 aromatic rings. The van der Waals surface area contributed by atoms with E-state index in [1.807, 2.05) is 0 Å². The highest BCUT2D eigenvalue weighted by atomic mass is 16.5. The van der Waals surface area contributed by atoms with Gasteiger partial charge in [-0.2, -0.15) is 0 Å². The molecule has 0 saturated carbocycles. The van der Waals surface area contributed by atoms with Crippen molar-refractivity contribution in [3.8, 4) is 0 Å². The molecule has 62 heavy (non-hydrogen) atoms. The fourth-order valence-electron chi connectivity index (χ4n) is 8.99. The van der Waals surface area contributed by atoms with E-state index in [1.54, 1.807) is 0 Å². The van der Waals surface area contributed by atoms with Gasteiger partial charge < -0.3 is 9.84 Å². The van der Waals surface area contributed by atoms with Gasteiger partial charge in [-0.25, -0.2) is 0 Å². The first kappa shape index (κ1) is 63.0. The van der Waals surface area contributed by atoms with Crippen LogP contribution in [0.4, 0.5) is 0 Å². The van der Waals surface area contributed by atoms with Crippen LogP contribution in [-0.4, -0.2) is 23.7 Å². The molecule has 1 atom stereocenters. The molecule has 0 aliphatic heterocycles. The highest BCUT2D eigenvalue weighted by molar-refractivity contribution is 5.70. The summed E-state index contributed by atoms with van der Waals surface area (Å²) in [5, 5.41) is 9.49. The maximum absolute atomic E-state index is 11.8. The van der Waals surface area contributed by atoms with Gasteiger partial charge in [0.2, 0.25) is 0 Å². The largest absolute Gasteiger partial charge is 0.481 e. The Morgan fingerprint density at radius 1 is 0.306 bits per heavy atom. The molecule has 1 unspecified atom stereocenters. The third kappa shape index (κ3) is 57.0. The number of carbonyl (C=O) groups is 2. The summed E-state index contributed by atoms with van der Waals surface area (Å²) in [5.74, 6) is -0.633. The Morgan fingerprint density at radius 2 is 0.516 bits per heavy atom. The Hall–Kier alpha value is -1.06. The van der Waals surface area contributed by atoms with E-state index in [9.17, 15) is 14.7 Å². The van der Waals surface area contributed by atoms with E-state index in [0.717, 1.165) is 38.5 Å². The zero-order valence-electron chi connectivity index (χ0n) is 43.3. The van der Waals surface area contributed by atoms with Gasteiger partial charge in [-0.15, -0.1) is 0 Å². The second-order valence-electron chi connectivity index (χ2n) is 19.8. The van der Waals surface area contributed by atoms with Crippen molar-refractivity contribution in [2.75, 3.05) is 6.61 Å². The molecule has 0 aromatic heterocycles. The van der Waals surface area contributed by atoms with Crippen molar-refractivity contribution in [2.24, 2.45) is 5.92 Å². The van der Waals surface area contributed by atoms with Crippen LogP contribution in [0.25, 0.3) is 0 Å². The Bertz CT molecular complexity index is 826. The van der Waals surface area contributed by atoms with Crippen molar-refractivity contribution in [1.29, 1.82) is 0 Å². The molecule has 0 aliphatic carbocycles. The van der Waals surface area contributed by atoms with Gasteiger partial charge in [0.1, 0.15) is 0 Å². The Balaban J connectivity index is 0. The first-order chi connectivity index (χ1) is 30.5. The van der Waals surface area contributed by atoms with E-state index in [2.05, 4.69) is 27.7 Å². The van der Waals surface area contributed by atoms with E-state index in [-0.39, 0.29) is 11.9 Å². The highest BCUT2D eigenvalue weighted by Gasteiger charge is 2.16. The monoisotopic (exact) mass is 877 g/mol. The van der Waals surface area contributed by atoms with E-state index >= 15 is 0 Å². The molecule has 0 aliphatic rings. The molecule has 4 heteroatoms. The number of hydrogen-bond donors (Lipinski definition) is 1. The summed E-state index contributed by atoms with van der Waals surface area (Å²) in [4.78, 5) is 23.3. The molecule has 0 spiro atoms. The van der Waals surface area contributed by atoms with Gasteiger partial charge in [-0.05, 0) is 25.7 Å². The van der Waals surface area contributed by atoms with Gasteiger partial charge in [0.25, 0.3) is 0 Å². The number of unbranched alkanes of at least 4 members (excludes halogenated alkanes) is 43. The predicted molar refractivity (Wildman–Crippen MR) is 276 cm³/mol. The molecule has 0 radical (unpaired) electrons. The molecule has 0 amide bonds. The van der Waals surface area contributed by atoms with Crippen LogP contribution in [-0.2, 0) is 14.3 Å². The second-order valence-corrected chi connectivity index (χ2v) is 19.8. The zero-order chi connectivity index (χ0) is 45.5. The molecule has 0 aromatic carbocycles. The van der Waals surface area contributed by atoms with Gasteiger partial charge in [0.05, 0.1) is 12.5 Å². The Kier molecular flexibility index (Phi) is 58.9. The SMILES string of the molecule is CCCCCCCCCCCCCCC(CCCCCCCCCCCC)C(=O)O.CCCCCCCCCCCCCCCCOC(=O)CCCCCCCCCCCCC. The van der Waals surface area contributed by atoms with Crippen LogP contribution in [0.3, 0.4) is 0 Å². The molecule has 372 valence electrons. The van der Waals surface area contributed by atoms with Crippen molar-refractivity contribution in [3.05, 3.63) is 0 Å². The molecular weight excluding hydrogens is 761 g/mol. The number of aliphatic carboxylic acids is 1. The van der Waals surface area contributed by atoms with Crippen LogP contribution < -0.4 is 0 Å². The number of hydrogen-bond acceptors (Lipinski definition) is 3. The lowest BCUT2D eigenvalue weighted by Crippen LogP contribution is -2.13. The minimum atomic E-state index is -0.561. The van der Waals surface area contributed by atoms with Gasteiger partial charge in [-0.1, -0.05) is 317 Å². The fraction of sp³-hybridized carbons (Fsp3) is 0.966. The second kappa shape index (κ2) is 58.0. The molecule has 0 heterocycles. The minimum Gasteiger partial charge on any atom is -0.481 e. The lowest BCUT2D eigenvalue weighted by atomic mass is 9.94. The molecule has 0 saturated heterocycles. The van der Waals surface area contributed by atoms with Gasteiger partial charge in [-0.3, -0.25) is 9.59 Å². The van der Waals surface area contributed by atoms with Crippen LogP contribution in [0.5, 0.6) is 0 Å². The van der Waals surface area contributed by atoms with Crippen molar-refractivity contribution < 1.29 is 19.4 Å². The predicted octanol–water partition coefficient (Wildman–Crippen LogP) is 20.8. The molecule has 0 bridgehead atoms. The number of carboxylic acid groups (broad SMARTS) is 1. The summed E-state index contributed by atoms with van der Waals surface area (Å²) in [6.07, 6.45) is 65.3. The average Bonchev–Trinajstić information content (AvgIpc) is 3.27. The van der Waals surface area contributed by atoms with Crippen molar-refractivity contribution in [1.82, 2.24) is 0 Å². The maximum Gasteiger partial charge on any atom is 0.306 e. The number of esters is 1. The van der Waals surface area contributed by atoms with E-state index in [0.29, 0.717) is 13.0 Å². The molecular formula is C58H116O4. The molecule has 0 fully saturated rings. The highest BCUT2D eigenvalue weighted by Crippen LogP contribution is 2.21. The Labute approximate surface area is 391 Å². The minimum absolute atomic E-state index is 0.0237. The lowest BCUT2D eigenvalue weighted by molar-refractivity contribution is -0.144. The average molecular weight is 878 g/mol. The van der Waals surface area contributed by atoms with Crippen LogP contribution >= 0.6 is 0 Å². The van der Waals surface area contributed by atoms with E-state index < -0.39 is 5.97 Å². The standard InChI is InChI=1S/C30H60O2.C28H56O2/c1-3-5-7-9-11-13-15-16-17-19-21-23-25-27-29-32-30(31)28-26-24-22-20-18-14-12-10-8-6-4-2;1-3-5-7-9-11-13-15-16-18-20-22-24-26-27(28(29)30)25-23-21-19-17-14-12-10-8-6-4-2/h3-29H2,1-2H3;27H,3-26H2,1-2H3,(H,29,30). The smallest absolute Gasteiger partial charge is 0.306 e. The number of carboxylic acids is 1. The first-order valence-corrected chi connectivity index (χ1v) is 28.9. The molecule has 1 N–H and O–H groups in total. The maximum atomic E-state index is 11.8. The summed E-state index contributed by atoms with van der Waals surface area (Å²) in [5.41, 5.74) is 0. The van der Waals surface area contributed by atoms with Gasteiger partial charge in [0, 0.05) is 6.42 Å². The van der Waals surface area contributed by atoms with Crippen LogP contribution in [0, 0.1) is 5.92 Å². The number of ether oxygens (including phenoxy) is 1.